The Morgan fingerprint density at radius 2 is 2.25 bits per heavy atom. The molecule has 1 aliphatic heterocycles. The zero-order valence-corrected chi connectivity index (χ0v) is 7.08. The number of amides is 1. The summed E-state index contributed by atoms with van der Waals surface area (Å²) in [6.45, 7) is 1.31. The van der Waals surface area contributed by atoms with E-state index in [0.717, 1.165) is 17.5 Å². The second kappa shape index (κ2) is 2.75. The fourth-order valence-corrected chi connectivity index (χ4v) is 1.53. The number of carbonyl (C=O) groups excluding carboxylic acids is 1. The second-order valence-corrected chi connectivity index (χ2v) is 3.17. The number of carbonyl (C=O) groups is 1. The smallest absolute Gasteiger partial charge is 0.210 e. The second-order valence-electron chi connectivity index (χ2n) is 2.79. The third kappa shape index (κ3) is 1.16. The minimum absolute atomic E-state index is 0.487. The van der Waals surface area contributed by atoms with E-state index in [9.17, 15) is 4.79 Å². The molecule has 0 atom stereocenters. The number of halogens is 1. The predicted molar refractivity (Wildman–Crippen MR) is 44.6 cm³/mol. The summed E-state index contributed by atoms with van der Waals surface area (Å²) in [6.07, 6.45) is 2.56. The Balaban J connectivity index is 2.35. The lowest BCUT2D eigenvalue weighted by molar-refractivity contribution is -0.118. The van der Waals surface area contributed by atoms with Crippen LogP contribution in [-0.4, -0.2) is 16.3 Å². The molecule has 2 rings (SSSR count). The Hall–Kier alpha value is -1.09. The van der Waals surface area contributed by atoms with Gasteiger partial charge in [-0.2, -0.15) is 0 Å². The van der Waals surface area contributed by atoms with E-state index in [1.165, 1.54) is 0 Å². The van der Waals surface area contributed by atoms with Crippen molar-refractivity contribution in [2.75, 3.05) is 0 Å². The van der Waals surface area contributed by atoms with Crippen molar-refractivity contribution in [3.05, 3.63) is 28.5 Å². The van der Waals surface area contributed by atoms with Gasteiger partial charge in [-0.3, -0.25) is 4.79 Å². The highest BCUT2D eigenvalue weighted by molar-refractivity contribution is 6.29. The molecule has 62 valence electrons. The first-order valence-electron chi connectivity index (χ1n) is 3.62. The molecule has 4 heteroatoms. The summed E-state index contributed by atoms with van der Waals surface area (Å²) in [5.74, 6) is 0. The molecule has 0 spiro atoms. The van der Waals surface area contributed by atoms with Gasteiger partial charge >= 0.3 is 0 Å². The molecular weight excluding hydrogens is 176 g/mol. The van der Waals surface area contributed by atoms with Gasteiger partial charge in [0.2, 0.25) is 6.41 Å². The maximum Gasteiger partial charge on any atom is 0.210 e. The van der Waals surface area contributed by atoms with Crippen LogP contribution in [-0.2, 0) is 17.9 Å². The van der Waals surface area contributed by atoms with Crippen molar-refractivity contribution < 1.29 is 4.79 Å². The molecule has 12 heavy (non-hydrogen) atoms. The Bertz CT molecular complexity index is 327. The van der Waals surface area contributed by atoms with Crippen molar-refractivity contribution >= 4 is 18.0 Å². The molecule has 0 fully saturated rings. The van der Waals surface area contributed by atoms with Crippen molar-refractivity contribution in [3.63, 3.8) is 0 Å². The molecule has 3 nitrogen and oxygen atoms in total. The Morgan fingerprint density at radius 3 is 3.00 bits per heavy atom. The number of rotatable bonds is 1. The van der Waals surface area contributed by atoms with E-state index in [4.69, 9.17) is 11.6 Å². The third-order valence-corrected chi connectivity index (χ3v) is 2.15. The van der Waals surface area contributed by atoms with E-state index in [-0.39, 0.29) is 0 Å². The zero-order valence-electron chi connectivity index (χ0n) is 6.33. The summed E-state index contributed by atoms with van der Waals surface area (Å²) in [6, 6.07) is 1.81. The molecule has 0 aromatic carbocycles. The van der Waals surface area contributed by atoms with Gasteiger partial charge in [0.05, 0.1) is 0 Å². The number of aromatic nitrogens is 1. The van der Waals surface area contributed by atoms with Crippen LogP contribution in [0.2, 0.25) is 5.15 Å². The van der Waals surface area contributed by atoms with Crippen molar-refractivity contribution in [3.8, 4) is 0 Å². The van der Waals surface area contributed by atoms with Gasteiger partial charge in [0.15, 0.2) is 0 Å². The van der Waals surface area contributed by atoms with Gasteiger partial charge in [0.1, 0.15) is 5.15 Å². The number of nitrogens with zero attached hydrogens (tertiary/aromatic N) is 2. The SMILES string of the molecule is O=CN1Cc2cnc(Cl)cc2C1. The molecule has 1 amide bonds. The number of pyridine rings is 1. The molecular formula is C8H7ClN2O. The van der Waals surface area contributed by atoms with E-state index in [0.29, 0.717) is 18.2 Å². The van der Waals surface area contributed by atoms with Crippen molar-refractivity contribution in [1.29, 1.82) is 0 Å². The van der Waals surface area contributed by atoms with E-state index in [1.807, 2.05) is 0 Å². The van der Waals surface area contributed by atoms with E-state index >= 15 is 0 Å². The highest BCUT2D eigenvalue weighted by Gasteiger charge is 2.17. The van der Waals surface area contributed by atoms with Gasteiger partial charge in [-0.05, 0) is 17.2 Å². The van der Waals surface area contributed by atoms with Crippen molar-refractivity contribution in [2.45, 2.75) is 13.1 Å². The van der Waals surface area contributed by atoms with Crippen LogP contribution in [0.3, 0.4) is 0 Å². The van der Waals surface area contributed by atoms with Crippen LogP contribution in [0.5, 0.6) is 0 Å². The van der Waals surface area contributed by atoms with Crippen LogP contribution in [0, 0.1) is 0 Å². The fourth-order valence-electron chi connectivity index (χ4n) is 1.35. The minimum atomic E-state index is 0.487. The molecule has 0 aliphatic carbocycles. The van der Waals surface area contributed by atoms with Crippen molar-refractivity contribution in [2.24, 2.45) is 0 Å². The van der Waals surface area contributed by atoms with Crippen LogP contribution in [0.25, 0.3) is 0 Å². The molecule has 0 saturated carbocycles. The molecule has 0 bridgehead atoms. The highest BCUT2D eigenvalue weighted by atomic mass is 35.5. The van der Waals surface area contributed by atoms with E-state index in [2.05, 4.69) is 4.98 Å². The first-order valence-corrected chi connectivity index (χ1v) is 4.00. The quantitative estimate of drug-likeness (QED) is 0.483. The van der Waals surface area contributed by atoms with Gasteiger partial charge in [0.25, 0.3) is 0 Å². The average Bonchev–Trinajstić information content (AvgIpc) is 2.46. The standard InChI is InChI=1S/C8H7ClN2O/c9-8-1-6-3-11(5-12)4-7(6)2-10-8/h1-2,5H,3-4H2. The molecule has 1 aromatic rings. The Morgan fingerprint density at radius 1 is 1.50 bits per heavy atom. The normalized spacial score (nSPS) is 14.6. The molecule has 2 heterocycles. The maximum absolute atomic E-state index is 10.4. The monoisotopic (exact) mass is 182 g/mol. The number of hydrogen-bond donors (Lipinski definition) is 0. The van der Waals surface area contributed by atoms with Crippen LogP contribution < -0.4 is 0 Å². The van der Waals surface area contributed by atoms with Crippen LogP contribution >= 0.6 is 11.6 Å². The lowest BCUT2D eigenvalue weighted by atomic mass is 10.2. The number of fused-ring (bicyclic) bond motifs is 1. The topological polar surface area (TPSA) is 33.2 Å². The highest BCUT2D eigenvalue weighted by Crippen LogP contribution is 2.22. The van der Waals surface area contributed by atoms with Gasteiger partial charge < -0.3 is 4.90 Å². The summed E-state index contributed by atoms with van der Waals surface area (Å²) in [4.78, 5) is 16.1. The third-order valence-electron chi connectivity index (χ3n) is 1.95. The summed E-state index contributed by atoms with van der Waals surface area (Å²) in [7, 11) is 0. The van der Waals surface area contributed by atoms with Gasteiger partial charge in [-0.25, -0.2) is 4.98 Å². The predicted octanol–water partition coefficient (Wildman–Crippen LogP) is 1.21. The maximum atomic E-state index is 10.4. The number of hydrogen-bond acceptors (Lipinski definition) is 2. The largest absolute Gasteiger partial charge is 0.337 e. The lowest BCUT2D eigenvalue weighted by Gasteiger charge is -2.04. The first kappa shape index (κ1) is 7.55. The Kier molecular flexibility index (Phi) is 1.73. The fraction of sp³-hybridized carbons (Fsp3) is 0.250. The minimum Gasteiger partial charge on any atom is -0.337 e. The molecule has 0 unspecified atom stereocenters. The van der Waals surface area contributed by atoms with Gasteiger partial charge in [-0.15, -0.1) is 0 Å². The van der Waals surface area contributed by atoms with E-state index in [1.54, 1.807) is 17.2 Å². The summed E-state index contributed by atoms with van der Waals surface area (Å²) >= 11 is 5.70. The lowest BCUT2D eigenvalue weighted by Crippen LogP contribution is -2.12. The first-order chi connectivity index (χ1) is 5.79. The summed E-state index contributed by atoms with van der Waals surface area (Å²) in [5, 5.41) is 0.487. The summed E-state index contributed by atoms with van der Waals surface area (Å²) < 4.78 is 0. The average molecular weight is 183 g/mol. The molecule has 0 saturated heterocycles. The molecule has 0 N–H and O–H groups in total. The summed E-state index contributed by atoms with van der Waals surface area (Å²) in [5.41, 5.74) is 2.19. The van der Waals surface area contributed by atoms with Crippen molar-refractivity contribution in [1.82, 2.24) is 9.88 Å². The molecule has 1 aliphatic rings. The van der Waals surface area contributed by atoms with Gasteiger partial charge in [0, 0.05) is 19.3 Å². The van der Waals surface area contributed by atoms with Gasteiger partial charge in [-0.1, -0.05) is 11.6 Å². The van der Waals surface area contributed by atoms with Crippen LogP contribution in [0.15, 0.2) is 12.3 Å². The molecule has 0 radical (unpaired) electrons. The zero-order chi connectivity index (χ0) is 8.55. The van der Waals surface area contributed by atoms with Crippen LogP contribution in [0.4, 0.5) is 0 Å². The Labute approximate surface area is 75.0 Å². The van der Waals surface area contributed by atoms with Crippen LogP contribution in [0.1, 0.15) is 11.1 Å². The molecule has 1 aromatic heterocycles. The van der Waals surface area contributed by atoms with E-state index < -0.39 is 0 Å².